The second-order valence-electron chi connectivity index (χ2n) is 4.28. The summed E-state index contributed by atoms with van der Waals surface area (Å²) in [5.41, 5.74) is -0.335. The molecule has 1 N–H and O–H groups in total. The largest absolute Gasteiger partial charge is 0.382 e. The van der Waals surface area contributed by atoms with E-state index in [2.05, 4.69) is 25.7 Å². The summed E-state index contributed by atoms with van der Waals surface area (Å²) < 4.78 is 0. The maximum Gasteiger partial charge on any atom is 0.108 e. The van der Waals surface area contributed by atoms with Crippen LogP contribution in [-0.2, 0) is 0 Å². The molecular weight excluding hydrogens is 230 g/mol. The maximum absolute atomic E-state index is 10.1. The minimum absolute atomic E-state index is 0.278. The van der Waals surface area contributed by atoms with E-state index in [1.807, 2.05) is 30.3 Å². The molecule has 0 saturated carbocycles. The first-order valence-corrected chi connectivity index (χ1v) is 7.17. The van der Waals surface area contributed by atoms with E-state index in [0.717, 1.165) is 24.5 Å². The first kappa shape index (κ1) is 14.6. The molecule has 1 aromatic carbocycles. The predicted octanol–water partition coefficient (Wildman–Crippen LogP) is 3.08. The van der Waals surface area contributed by atoms with Crippen LogP contribution in [0, 0.1) is 5.92 Å². The second-order valence-corrected chi connectivity index (χ2v) is 5.47. The lowest BCUT2D eigenvalue weighted by atomic mass is 10.2. The molecule has 3 heteroatoms. The maximum atomic E-state index is 10.1. The van der Waals surface area contributed by atoms with Crippen LogP contribution in [-0.4, -0.2) is 35.1 Å². The van der Waals surface area contributed by atoms with Crippen molar-refractivity contribution in [1.29, 1.82) is 0 Å². The third kappa shape index (κ3) is 5.11. The molecule has 0 heterocycles. The molecule has 0 radical (unpaired) electrons. The van der Waals surface area contributed by atoms with Gasteiger partial charge in [0.1, 0.15) is 5.44 Å². The van der Waals surface area contributed by atoms with Gasteiger partial charge in [-0.2, -0.15) is 0 Å². The highest BCUT2D eigenvalue weighted by Crippen LogP contribution is 2.26. The normalized spacial score (nSPS) is 14.9. The zero-order chi connectivity index (χ0) is 12.7. The lowest BCUT2D eigenvalue weighted by molar-refractivity contribution is 0.157. The molecule has 0 spiro atoms. The van der Waals surface area contributed by atoms with Crippen molar-refractivity contribution in [2.75, 3.05) is 19.6 Å². The number of hydrogen-bond acceptors (Lipinski definition) is 3. The van der Waals surface area contributed by atoms with Crippen molar-refractivity contribution in [2.45, 2.75) is 31.1 Å². The van der Waals surface area contributed by atoms with Crippen molar-refractivity contribution in [3.05, 3.63) is 30.3 Å². The zero-order valence-electron chi connectivity index (χ0n) is 11.0. The zero-order valence-corrected chi connectivity index (χ0v) is 11.8. The summed E-state index contributed by atoms with van der Waals surface area (Å²) in [6, 6.07) is 10.1. The summed E-state index contributed by atoms with van der Waals surface area (Å²) in [6.07, 6.45) is 0. The summed E-state index contributed by atoms with van der Waals surface area (Å²) in [4.78, 5) is 3.48. The molecule has 96 valence electrons. The van der Waals surface area contributed by atoms with Crippen molar-refractivity contribution in [1.82, 2.24) is 4.90 Å². The van der Waals surface area contributed by atoms with Crippen LogP contribution in [0.1, 0.15) is 20.8 Å². The smallest absolute Gasteiger partial charge is 0.108 e. The van der Waals surface area contributed by atoms with Gasteiger partial charge in [0.25, 0.3) is 0 Å². The summed E-state index contributed by atoms with van der Waals surface area (Å²) in [7, 11) is 0. The molecule has 2 atom stereocenters. The Balaban J connectivity index is 2.44. The van der Waals surface area contributed by atoms with Crippen LogP contribution in [0.3, 0.4) is 0 Å². The SMILES string of the molecule is CCN(CC)CC(C)C(O)Sc1ccccc1. The Morgan fingerprint density at radius 1 is 1.18 bits per heavy atom. The van der Waals surface area contributed by atoms with Crippen molar-refractivity contribution in [2.24, 2.45) is 5.92 Å². The number of hydrogen-bond donors (Lipinski definition) is 1. The summed E-state index contributed by atoms with van der Waals surface area (Å²) in [5, 5.41) is 10.1. The van der Waals surface area contributed by atoms with E-state index in [0.29, 0.717) is 0 Å². The average Bonchev–Trinajstić information content (AvgIpc) is 2.36. The van der Waals surface area contributed by atoms with Crippen molar-refractivity contribution in [3.63, 3.8) is 0 Å². The molecule has 2 nitrogen and oxygen atoms in total. The Hall–Kier alpha value is -0.510. The molecule has 0 aromatic heterocycles. The molecule has 0 aliphatic rings. The minimum Gasteiger partial charge on any atom is -0.382 e. The van der Waals surface area contributed by atoms with Gasteiger partial charge in [-0.15, -0.1) is 0 Å². The lowest BCUT2D eigenvalue weighted by Crippen LogP contribution is -2.32. The van der Waals surface area contributed by atoms with Gasteiger partial charge in [0.05, 0.1) is 0 Å². The fourth-order valence-electron chi connectivity index (χ4n) is 1.73. The number of thioether (sulfide) groups is 1. The van der Waals surface area contributed by atoms with E-state index in [1.54, 1.807) is 11.8 Å². The molecule has 0 amide bonds. The monoisotopic (exact) mass is 253 g/mol. The summed E-state index contributed by atoms with van der Waals surface area (Å²) in [5.74, 6) is 0.278. The van der Waals surface area contributed by atoms with Crippen LogP contribution in [0.15, 0.2) is 35.2 Å². The Bertz CT molecular complexity index is 300. The topological polar surface area (TPSA) is 23.5 Å². The van der Waals surface area contributed by atoms with Crippen molar-refractivity contribution < 1.29 is 5.11 Å². The van der Waals surface area contributed by atoms with Crippen LogP contribution < -0.4 is 0 Å². The quantitative estimate of drug-likeness (QED) is 0.597. The molecular formula is C14H23NOS. The van der Waals surface area contributed by atoms with Crippen LogP contribution in [0.2, 0.25) is 0 Å². The van der Waals surface area contributed by atoms with E-state index < -0.39 is 0 Å². The van der Waals surface area contributed by atoms with Gasteiger partial charge in [0.2, 0.25) is 0 Å². The van der Waals surface area contributed by atoms with Crippen LogP contribution >= 0.6 is 11.8 Å². The molecule has 1 aromatic rings. The third-order valence-electron chi connectivity index (χ3n) is 2.93. The first-order valence-electron chi connectivity index (χ1n) is 6.29. The van der Waals surface area contributed by atoms with E-state index in [1.165, 1.54) is 0 Å². The number of benzene rings is 1. The highest BCUT2D eigenvalue weighted by molar-refractivity contribution is 7.99. The minimum atomic E-state index is -0.335. The molecule has 1 rings (SSSR count). The average molecular weight is 253 g/mol. The highest BCUT2D eigenvalue weighted by Gasteiger charge is 2.17. The Labute approximate surface area is 109 Å². The second kappa shape index (κ2) is 7.75. The van der Waals surface area contributed by atoms with Crippen molar-refractivity contribution in [3.8, 4) is 0 Å². The number of aliphatic hydroxyl groups excluding tert-OH is 1. The Morgan fingerprint density at radius 2 is 1.76 bits per heavy atom. The van der Waals surface area contributed by atoms with Gasteiger partial charge in [-0.3, -0.25) is 0 Å². The van der Waals surface area contributed by atoms with Gasteiger partial charge in [-0.25, -0.2) is 0 Å². The van der Waals surface area contributed by atoms with E-state index in [-0.39, 0.29) is 11.4 Å². The Morgan fingerprint density at radius 3 is 2.29 bits per heavy atom. The van der Waals surface area contributed by atoms with E-state index in [4.69, 9.17) is 0 Å². The van der Waals surface area contributed by atoms with E-state index in [9.17, 15) is 5.11 Å². The first-order chi connectivity index (χ1) is 8.17. The Kier molecular flexibility index (Phi) is 6.63. The van der Waals surface area contributed by atoms with Gasteiger partial charge in [-0.05, 0) is 25.2 Å². The molecule has 0 aliphatic carbocycles. The number of rotatable bonds is 7. The fraction of sp³-hybridized carbons (Fsp3) is 0.571. The molecule has 2 unspecified atom stereocenters. The molecule has 17 heavy (non-hydrogen) atoms. The molecule has 0 bridgehead atoms. The summed E-state index contributed by atoms with van der Waals surface area (Å²) >= 11 is 1.54. The van der Waals surface area contributed by atoms with Gasteiger partial charge < -0.3 is 10.0 Å². The standard InChI is InChI=1S/C14H23NOS/c1-4-15(5-2)11-12(3)14(16)17-13-9-7-6-8-10-13/h6-10,12,14,16H,4-5,11H2,1-3H3. The summed E-state index contributed by atoms with van der Waals surface area (Å²) in [6.45, 7) is 9.47. The third-order valence-corrected chi connectivity index (χ3v) is 4.18. The van der Waals surface area contributed by atoms with Gasteiger partial charge in [0, 0.05) is 17.4 Å². The van der Waals surface area contributed by atoms with Gasteiger partial charge in [-0.1, -0.05) is 50.7 Å². The van der Waals surface area contributed by atoms with Crippen LogP contribution in [0.4, 0.5) is 0 Å². The van der Waals surface area contributed by atoms with Crippen LogP contribution in [0.25, 0.3) is 0 Å². The van der Waals surface area contributed by atoms with Crippen LogP contribution in [0.5, 0.6) is 0 Å². The van der Waals surface area contributed by atoms with E-state index >= 15 is 0 Å². The highest BCUT2D eigenvalue weighted by atomic mass is 32.2. The van der Waals surface area contributed by atoms with Gasteiger partial charge in [0.15, 0.2) is 0 Å². The number of aliphatic hydroxyl groups is 1. The van der Waals surface area contributed by atoms with Crippen molar-refractivity contribution >= 4 is 11.8 Å². The van der Waals surface area contributed by atoms with Gasteiger partial charge >= 0.3 is 0 Å². The predicted molar refractivity (Wildman–Crippen MR) is 75.3 cm³/mol. The molecule has 0 fully saturated rings. The molecule has 0 aliphatic heterocycles. The number of nitrogens with zero attached hydrogens (tertiary/aromatic N) is 1. The fourth-order valence-corrected chi connectivity index (χ4v) is 2.65. The molecule has 0 saturated heterocycles. The lowest BCUT2D eigenvalue weighted by Gasteiger charge is -2.25.